The largest absolute Gasteiger partial charge is 0.337 e. The topological polar surface area (TPSA) is 38.1 Å². The second kappa shape index (κ2) is 3.90. The predicted molar refractivity (Wildman–Crippen MR) is 56.3 cm³/mol. The van der Waals surface area contributed by atoms with E-state index in [0.29, 0.717) is 19.1 Å². The minimum atomic E-state index is -0.00543. The number of likely N-dealkylation sites (tertiary alicyclic amines) is 1. The van der Waals surface area contributed by atoms with E-state index in [9.17, 15) is 4.79 Å². The summed E-state index contributed by atoms with van der Waals surface area (Å²) in [5.74, 6) is 0.0596. The quantitative estimate of drug-likeness (QED) is 0.764. The Balaban J connectivity index is 1.92. The molecule has 1 aliphatic rings. The van der Waals surface area contributed by atoms with E-state index in [1.165, 1.54) is 0 Å². The molecular formula is C8H9BrClN3O. The van der Waals surface area contributed by atoms with Gasteiger partial charge >= 0.3 is 0 Å². The van der Waals surface area contributed by atoms with Crippen LogP contribution in [-0.2, 0) is 4.79 Å². The molecular weight excluding hydrogens is 269 g/mol. The first-order valence-corrected chi connectivity index (χ1v) is 5.58. The summed E-state index contributed by atoms with van der Waals surface area (Å²) >= 11 is 8.71. The Labute approximate surface area is 94.9 Å². The fourth-order valence-corrected chi connectivity index (χ4v) is 1.90. The molecule has 14 heavy (non-hydrogen) atoms. The highest BCUT2D eigenvalue weighted by Gasteiger charge is 2.31. The fourth-order valence-electron chi connectivity index (χ4n) is 1.43. The number of halogens is 2. The van der Waals surface area contributed by atoms with Gasteiger partial charge in [0.25, 0.3) is 0 Å². The molecule has 1 aromatic heterocycles. The molecule has 0 radical (unpaired) electrons. The Kier molecular flexibility index (Phi) is 2.78. The number of nitrogens with zero attached hydrogens (tertiary/aromatic N) is 3. The molecule has 2 heterocycles. The normalized spacial score (nSPS) is 16.9. The molecule has 0 unspecified atom stereocenters. The molecule has 76 valence electrons. The molecule has 0 aromatic carbocycles. The van der Waals surface area contributed by atoms with Crippen molar-refractivity contribution in [3.8, 4) is 0 Å². The molecule has 0 spiro atoms. The van der Waals surface area contributed by atoms with Crippen molar-refractivity contribution >= 4 is 33.4 Å². The van der Waals surface area contributed by atoms with Crippen LogP contribution >= 0.6 is 27.5 Å². The highest BCUT2D eigenvalue weighted by Crippen LogP contribution is 2.21. The van der Waals surface area contributed by atoms with Crippen molar-refractivity contribution in [2.45, 2.75) is 6.04 Å². The molecule has 1 aromatic rings. The van der Waals surface area contributed by atoms with E-state index >= 15 is 0 Å². The van der Waals surface area contributed by atoms with Crippen LogP contribution in [0.4, 0.5) is 0 Å². The molecule has 1 fully saturated rings. The summed E-state index contributed by atoms with van der Waals surface area (Å²) in [4.78, 5) is 12.9. The van der Waals surface area contributed by atoms with Crippen LogP contribution in [0.5, 0.6) is 0 Å². The summed E-state index contributed by atoms with van der Waals surface area (Å²) in [6.45, 7) is 1.42. The smallest absolute Gasteiger partial charge is 0.237 e. The Morgan fingerprint density at radius 3 is 2.93 bits per heavy atom. The molecule has 0 N–H and O–H groups in total. The van der Waals surface area contributed by atoms with Crippen molar-refractivity contribution in [2.24, 2.45) is 0 Å². The van der Waals surface area contributed by atoms with Crippen LogP contribution in [0.2, 0.25) is 0 Å². The molecule has 6 heteroatoms. The molecule has 0 saturated carbocycles. The first kappa shape index (κ1) is 9.98. The van der Waals surface area contributed by atoms with E-state index in [2.05, 4.69) is 21.0 Å². The molecule has 1 saturated heterocycles. The predicted octanol–water partition coefficient (Wildman–Crippen LogP) is 1.27. The Morgan fingerprint density at radius 2 is 2.43 bits per heavy atom. The van der Waals surface area contributed by atoms with Crippen LogP contribution < -0.4 is 0 Å². The van der Waals surface area contributed by atoms with Gasteiger partial charge in [-0.1, -0.05) is 0 Å². The highest BCUT2D eigenvalue weighted by molar-refractivity contribution is 9.10. The molecule has 1 amide bonds. The van der Waals surface area contributed by atoms with E-state index in [1.807, 2.05) is 16.9 Å². The van der Waals surface area contributed by atoms with Gasteiger partial charge in [-0.25, -0.2) is 0 Å². The van der Waals surface area contributed by atoms with Gasteiger partial charge in [-0.3, -0.25) is 9.48 Å². The highest BCUT2D eigenvalue weighted by atomic mass is 79.9. The third kappa shape index (κ3) is 1.79. The van der Waals surface area contributed by atoms with E-state index in [1.54, 1.807) is 4.90 Å². The lowest BCUT2D eigenvalue weighted by molar-refractivity contribution is -0.134. The van der Waals surface area contributed by atoms with Crippen LogP contribution in [0.1, 0.15) is 6.04 Å². The van der Waals surface area contributed by atoms with Gasteiger partial charge in [-0.15, -0.1) is 11.6 Å². The maximum atomic E-state index is 11.1. The second-order valence-corrected chi connectivity index (χ2v) is 4.28. The first-order chi connectivity index (χ1) is 6.70. The number of amides is 1. The van der Waals surface area contributed by atoms with Crippen LogP contribution in [0.3, 0.4) is 0 Å². The van der Waals surface area contributed by atoms with Crippen LogP contribution in [0.25, 0.3) is 0 Å². The average Bonchev–Trinajstić information content (AvgIpc) is 2.49. The number of hydrogen-bond acceptors (Lipinski definition) is 2. The second-order valence-electron chi connectivity index (χ2n) is 3.20. The van der Waals surface area contributed by atoms with Crippen LogP contribution in [0.15, 0.2) is 16.9 Å². The van der Waals surface area contributed by atoms with Crippen molar-refractivity contribution in [3.63, 3.8) is 0 Å². The minimum Gasteiger partial charge on any atom is -0.337 e. The van der Waals surface area contributed by atoms with Gasteiger partial charge in [-0.2, -0.15) is 5.10 Å². The summed E-state index contributed by atoms with van der Waals surface area (Å²) in [6.07, 6.45) is 1.90. The zero-order valence-electron chi connectivity index (χ0n) is 7.36. The SMILES string of the molecule is O=C(CCl)N1CC(n2ccc(Br)n2)C1. The van der Waals surface area contributed by atoms with Crippen LogP contribution in [0, 0.1) is 0 Å². The summed E-state index contributed by atoms with van der Waals surface area (Å²) < 4.78 is 2.68. The lowest BCUT2D eigenvalue weighted by Crippen LogP contribution is -2.51. The Morgan fingerprint density at radius 1 is 1.71 bits per heavy atom. The number of hydrogen-bond donors (Lipinski definition) is 0. The van der Waals surface area contributed by atoms with E-state index < -0.39 is 0 Å². The maximum absolute atomic E-state index is 11.1. The van der Waals surface area contributed by atoms with Gasteiger partial charge in [0, 0.05) is 19.3 Å². The first-order valence-electron chi connectivity index (χ1n) is 4.25. The molecule has 0 atom stereocenters. The summed E-state index contributed by atoms with van der Waals surface area (Å²) in [5.41, 5.74) is 0. The zero-order chi connectivity index (χ0) is 10.1. The standard InChI is InChI=1S/C8H9BrClN3O/c9-7-1-2-13(11-7)6-4-12(5-6)8(14)3-10/h1-2,6H,3-5H2. The summed E-state index contributed by atoms with van der Waals surface area (Å²) in [7, 11) is 0. The van der Waals surface area contributed by atoms with Gasteiger partial charge in [0.1, 0.15) is 10.5 Å². The molecule has 0 bridgehead atoms. The van der Waals surface area contributed by atoms with E-state index in [0.717, 1.165) is 4.60 Å². The summed E-state index contributed by atoms with van der Waals surface area (Å²) in [6, 6.07) is 2.18. The third-order valence-corrected chi connectivity index (χ3v) is 2.93. The van der Waals surface area contributed by atoms with Gasteiger partial charge in [0.2, 0.25) is 5.91 Å². The molecule has 4 nitrogen and oxygen atoms in total. The van der Waals surface area contributed by atoms with E-state index in [-0.39, 0.29) is 11.8 Å². The van der Waals surface area contributed by atoms with Gasteiger partial charge < -0.3 is 4.90 Å². The van der Waals surface area contributed by atoms with Crippen molar-refractivity contribution in [1.82, 2.24) is 14.7 Å². The molecule has 1 aliphatic heterocycles. The van der Waals surface area contributed by atoms with Crippen LogP contribution in [-0.4, -0.2) is 39.6 Å². The number of alkyl halides is 1. The Hall–Kier alpha value is -0.550. The monoisotopic (exact) mass is 277 g/mol. The number of carbonyl (C=O) groups excluding carboxylic acids is 1. The number of aromatic nitrogens is 2. The van der Waals surface area contributed by atoms with E-state index in [4.69, 9.17) is 11.6 Å². The minimum absolute atomic E-state index is 0.00543. The lowest BCUT2D eigenvalue weighted by atomic mass is 10.1. The van der Waals surface area contributed by atoms with Gasteiger partial charge in [0.05, 0.1) is 6.04 Å². The average molecular weight is 279 g/mol. The molecule has 2 rings (SSSR count). The molecule has 0 aliphatic carbocycles. The van der Waals surface area contributed by atoms with Crippen molar-refractivity contribution in [1.29, 1.82) is 0 Å². The fraction of sp³-hybridized carbons (Fsp3) is 0.500. The van der Waals surface area contributed by atoms with Crippen molar-refractivity contribution in [2.75, 3.05) is 19.0 Å². The van der Waals surface area contributed by atoms with Crippen molar-refractivity contribution < 1.29 is 4.79 Å². The number of rotatable bonds is 2. The Bertz CT molecular complexity index is 348. The third-order valence-electron chi connectivity index (χ3n) is 2.28. The van der Waals surface area contributed by atoms with Gasteiger partial charge in [-0.05, 0) is 22.0 Å². The zero-order valence-corrected chi connectivity index (χ0v) is 9.70. The lowest BCUT2D eigenvalue weighted by Gasteiger charge is -2.38. The van der Waals surface area contributed by atoms with Gasteiger partial charge in [0.15, 0.2) is 0 Å². The van der Waals surface area contributed by atoms with Crippen molar-refractivity contribution in [3.05, 3.63) is 16.9 Å². The maximum Gasteiger partial charge on any atom is 0.237 e. The summed E-state index contributed by atoms with van der Waals surface area (Å²) in [5, 5.41) is 4.21. The number of carbonyl (C=O) groups is 1.